The SMILES string of the molecule is CC[C@H]1O[C@@H](n2ccc(=O)[nH]c2=O)[C@@H](OC)C1OC(=O)NC[C@H]1O[C@@H](n2cnc3c(=O)[nH]c(NC(=O)C(C)C)nc32)[C@@H](OCCOC)C1O. The fourth-order valence-corrected chi connectivity index (χ4v) is 5.62. The molecule has 20 heteroatoms. The summed E-state index contributed by atoms with van der Waals surface area (Å²) in [5.41, 5.74) is -1.89. The average molecular weight is 693 g/mol. The molecule has 0 radical (unpaired) electrons. The van der Waals surface area contributed by atoms with Gasteiger partial charge in [0.25, 0.3) is 11.1 Å². The molecule has 2 saturated heterocycles. The molecule has 0 aliphatic carbocycles. The molecular weight excluding hydrogens is 652 g/mol. The molecule has 49 heavy (non-hydrogen) atoms. The van der Waals surface area contributed by atoms with Gasteiger partial charge in [0.1, 0.15) is 24.4 Å². The van der Waals surface area contributed by atoms with Crippen LogP contribution in [0.1, 0.15) is 39.6 Å². The molecule has 0 bridgehead atoms. The van der Waals surface area contributed by atoms with Crippen molar-refractivity contribution in [2.45, 2.75) is 76.3 Å². The van der Waals surface area contributed by atoms with Crippen LogP contribution < -0.4 is 27.4 Å². The number of fused-ring (bicyclic) bond motifs is 1. The molecule has 5 rings (SSSR count). The van der Waals surface area contributed by atoms with Crippen LogP contribution >= 0.6 is 0 Å². The Labute approximate surface area is 278 Å². The maximum atomic E-state index is 13.1. The number of rotatable bonds is 13. The van der Waals surface area contributed by atoms with Crippen LogP contribution in [0.5, 0.6) is 0 Å². The molecule has 2 aliphatic rings. The van der Waals surface area contributed by atoms with Crippen molar-refractivity contribution >= 4 is 29.1 Å². The van der Waals surface area contributed by atoms with Gasteiger partial charge in [-0.3, -0.25) is 38.8 Å². The van der Waals surface area contributed by atoms with Crippen molar-refractivity contribution in [3.63, 3.8) is 0 Å². The summed E-state index contributed by atoms with van der Waals surface area (Å²) in [5.74, 6) is -0.849. The predicted octanol–water partition coefficient (Wildman–Crippen LogP) is -1.03. The maximum absolute atomic E-state index is 13.1. The Morgan fingerprint density at radius 3 is 2.45 bits per heavy atom. The molecule has 20 nitrogen and oxygen atoms in total. The number of aliphatic hydroxyl groups excluding tert-OH is 1. The molecule has 2 unspecified atom stereocenters. The lowest BCUT2D eigenvalue weighted by Gasteiger charge is -2.24. The highest BCUT2D eigenvalue weighted by Crippen LogP contribution is 2.35. The van der Waals surface area contributed by atoms with Crippen LogP contribution in [-0.2, 0) is 33.2 Å². The Balaban J connectivity index is 1.32. The van der Waals surface area contributed by atoms with Gasteiger partial charge in [0, 0.05) is 38.9 Å². The molecule has 268 valence electrons. The smallest absolute Gasteiger partial charge is 0.407 e. The number of aliphatic hydroxyl groups is 1. The molecule has 3 aromatic heterocycles. The second kappa shape index (κ2) is 15.4. The summed E-state index contributed by atoms with van der Waals surface area (Å²) in [6.45, 7) is 5.22. The molecule has 2 fully saturated rings. The fraction of sp³-hybridized carbons (Fsp3) is 0.621. The minimum Gasteiger partial charge on any atom is -0.440 e. The van der Waals surface area contributed by atoms with Gasteiger partial charge in [-0.15, -0.1) is 0 Å². The molecule has 0 saturated carbocycles. The van der Waals surface area contributed by atoms with Crippen molar-refractivity contribution in [3.05, 3.63) is 49.8 Å². The topological polar surface area (TPSA) is 252 Å². The number of methoxy groups -OCH3 is 2. The first-order valence-electron chi connectivity index (χ1n) is 15.6. The number of carbonyl (C=O) groups is 2. The number of imidazole rings is 1. The quantitative estimate of drug-likeness (QED) is 0.134. The van der Waals surface area contributed by atoms with Gasteiger partial charge in [-0.05, 0) is 6.42 Å². The van der Waals surface area contributed by atoms with Gasteiger partial charge < -0.3 is 38.8 Å². The lowest BCUT2D eigenvalue weighted by atomic mass is 10.1. The third kappa shape index (κ3) is 7.58. The predicted molar refractivity (Wildman–Crippen MR) is 168 cm³/mol. The van der Waals surface area contributed by atoms with E-state index in [2.05, 4.69) is 30.6 Å². The van der Waals surface area contributed by atoms with Crippen LogP contribution in [-0.4, -0.2) is 117 Å². The van der Waals surface area contributed by atoms with Gasteiger partial charge in [-0.25, -0.2) is 14.6 Å². The zero-order valence-corrected chi connectivity index (χ0v) is 27.5. The van der Waals surface area contributed by atoms with Crippen molar-refractivity contribution < 1.29 is 43.1 Å². The molecule has 0 spiro atoms. The number of alkyl carbamates (subject to hydrolysis) is 1. The molecule has 3 aromatic rings. The summed E-state index contributed by atoms with van der Waals surface area (Å²) < 4.78 is 36.9. The van der Waals surface area contributed by atoms with Gasteiger partial charge >= 0.3 is 11.8 Å². The number of H-pyrrole nitrogens is 2. The zero-order chi connectivity index (χ0) is 35.4. The summed E-state index contributed by atoms with van der Waals surface area (Å²) in [4.78, 5) is 75.3. The number of hydrogen-bond acceptors (Lipinski definition) is 14. The number of aromatic amines is 2. The second-order valence-corrected chi connectivity index (χ2v) is 11.7. The van der Waals surface area contributed by atoms with Gasteiger partial charge in [0.15, 0.2) is 29.7 Å². The Morgan fingerprint density at radius 1 is 1.04 bits per heavy atom. The summed E-state index contributed by atoms with van der Waals surface area (Å²) in [6.07, 6.45) is -5.82. The van der Waals surface area contributed by atoms with E-state index in [0.29, 0.717) is 6.42 Å². The Bertz CT molecular complexity index is 1800. The van der Waals surface area contributed by atoms with E-state index >= 15 is 0 Å². The van der Waals surface area contributed by atoms with Crippen LogP contribution in [0.25, 0.3) is 11.2 Å². The first-order valence-corrected chi connectivity index (χ1v) is 15.6. The van der Waals surface area contributed by atoms with Crippen LogP contribution in [0.2, 0.25) is 0 Å². The van der Waals surface area contributed by atoms with E-state index in [9.17, 15) is 29.1 Å². The maximum Gasteiger partial charge on any atom is 0.407 e. The number of aromatic nitrogens is 6. The van der Waals surface area contributed by atoms with Gasteiger partial charge in [-0.2, -0.15) is 4.98 Å². The van der Waals surface area contributed by atoms with Crippen LogP contribution in [0.3, 0.4) is 0 Å². The van der Waals surface area contributed by atoms with Gasteiger partial charge in [0.2, 0.25) is 11.9 Å². The number of carbonyl (C=O) groups excluding carboxylic acids is 2. The highest BCUT2D eigenvalue weighted by atomic mass is 16.6. The van der Waals surface area contributed by atoms with Crippen LogP contribution in [0, 0.1) is 5.92 Å². The number of nitrogens with one attached hydrogen (secondary N) is 4. The zero-order valence-electron chi connectivity index (χ0n) is 27.5. The summed E-state index contributed by atoms with van der Waals surface area (Å²) in [5, 5.41) is 16.4. The minimum absolute atomic E-state index is 0.0409. The third-order valence-corrected chi connectivity index (χ3v) is 8.16. The standard InChI is InChI=1S/C29H40N8O12/c1-6-14-19(21(45-5)26(47-14)36-8-7-16(38)32-28(36)42)49-29(43)30-11-15-18(39)20(46-10-9-44-4)25(48-15)37-12-31-17-22(37)33-27(35-24(17)41)34-23(40)13(2)3/h7-8,12-15,18-21,25-26,39H,6,9-11H2,1-5H3,(H,30,43)(H,32,38,42)(H2,33,34,35,40,41)/t14-,15-,18?,19?,20+,21+,25-,26-/m1/s1. The van der Waals surface area contributed by atoms with E-state index in [1.54, 1.807) is 20.8 Å². The molecule has 0 aromatic carbocycles. The molecule has 5 N–H and O–H groups in total. The van der Waals surface area contributed by atoms with Crippen molar-refractivity contribution in [2.24, 2.45) is 5.92 Å². The lowest BCUT2D eigenvalue weighted by molar-refractivity contribution is -0.118. The van der Waals surface area contributed by atoms with Crippen molar-refractivity contribution in [3.8, 4) is 0 Å². The average Bonchev–Trinajstić information content (AvgIpc) is 3.73. The Morgan fingerprint density at radius 2 is 1.78 bits per heavy atom. The minimum atomic E-state index is -1.29. The van der Waals surface area contributed by atoms with Gasteiger partial charge in [-0.1, -0.05) is 20.8 Å². The second-order valence-electron chi connectivity index (χ2n) is 11.7. The molecule has 2 aliphatic heterocycles. The number of hydrogen-bond donors (Lipinski definition) is 5. The van der Waals surface area contributed by atoms with E-state index in [4.69, 9.17) is 28.4 Å². The first-order chi connectivity index (χ1) is 23.5. The first kappa shape index (κ1) is 35.8. The van der Waals surface area contributed by atoms with E-state index in [1.807, 2.05) is 0 Å². The van der Waals surface area contributed by atoms with Crippen molar-refractivity contribution in [1.82, 2.24) is 34.4 Å². The Hall–Kier alpha value is -4.47. The third-order valence-electron chi connectivity index (χ3n) is 8.16. The fourth-order valence-electron chi connectivity index (χ4n) is 5.62. The summed E-state index contributed by atoms with van der Waals surface area (Å²) in [7, 11) is 2.86. The summed E-state index contributed by atoms with van der Waals surface area (Å²) >= 11 is 0. The highest BCUT2D eigenvalue weighted by molar-refractivity contribution is 5.91. The van der Waals surface area contributed by atoms with E-state index in [-0.39, 0.29) is 48.7 Å². The highest BCUT2D eigenvalue weighted by Gasteiger charge is 2.49. The normalized spacial score (nSPS) is 26.8. The Kier molecular flexibility index (Phi) is 11.3. The van der Waals surface area contributed by atoms with Crippen LogP contribution in [0.4, 0.5) is 10.7 Å². The van der Waals surface area contributed by atoms with E-state index in [1.165, 1.54) is 31.3 Å². The number of amides is 2. The van der Waals surface area contributed by atoms with Crippen LogP contribution in [0.15, 0.2) is 33.0 Å². The van der Waals surface area contributed by atoms with Crippen molar-refractivity contribution in [2.75, 3.05) is 39.3 Å². The molecule has 5 heterocycles. The van der Waals surface area contributed by atoms with E-state index in [0.717, 1.165) is 10.6 Å². The number of nitrogens with zero attached hydrogens (tertiary/aromatic N) is 4. The number of anilines is 1. The van der Waals surface area contributed by atoms with Crippen molar-refractivity contribution in [1.29, 1.82) is 0 Å². The summed E-state index contributed by atoms with van der Waals surface area (Å²) in [6, 6.07) is 1.16. The number of ether oxygens (including phenoxy) is 6. The monoisotopic (exact) mass is 692 g/mol. The van der Waals surface area contributed by atoms with Gasteiger partial charge in [0.05, 0.1) is 25.6 Å². The largest absolute Gasteiger partial charge is 0.440 e. The molecule has 8 atom stereocenters. The molecular formula is C29H40N8O12. The molecule has 2 amide bonds. The lowest BCUT2D eigenvalue weighted by Crippen LogP contribution is -2.45. The van der Waals surface area contributed by atoms with E-state index < -0.39 is 72.0 Å².